The summed E-state index contributed by atoms with van der Waals surface area (Å²) in [7, 11) is 0. The molecule has 0 unspecified atom stereocenters. The van der Waals surface area contributed by atoms with Crippen molar-refractivity contribution in [3.63, 3.8) is 0 Å². The summed E-state index contributed by atoms with van der Waals surface area (Å²) in [5.41, 5.74) is 0.655. The predicted molar refractivity (Wildman–Crippen MR) is 84.4 cm³/mol. The fourth-order valence-electron chi connectivity index (χ4n) is 2.74. The fraction of sp³-hybridized carbons (Fsp3) is 0.412. The molecule has 2 amide bonds. The largest absolute Gasteiger partial charge is 0.454 e. The fourth-order valence-corrected chi connectivity index (χ4v) is 2.74. The van der Waals surface area contributed by atoms with Crippen LogP contribution in [0.3, 0.4) is 0 Å². The Morgan fingerprint density at radius 2 is 2.00 bits per heavy atom. The molecule has 24 heavy (non-hydrogen) atoms. The Kier molecular flexibility index (Phi) is 4.33. The molecule has 0 radical (unpaired) electrons. The third kappa shape index (κ3) is 3.29. The topological polar surface area (TPSA) is 92.8 Å². The highest BCUT2D eigenvalue weighted by molar-refractivity contribution is 6.52. The van der Waals surface area contributed by atoms with Gasteiger partial charge in [-0.05, 0) is 37.8 Å². The second kappa shape index (κ2) is 6.43. The van der Waals surface area contributed by atoms with Crippen molar-refractivity contribution in [1.82, 2.24) is 5.32 Å². The number of esters is 1. The number of para-hydroxylation sites is 1. The third-order valence-electron chi connectivity index (χ3n) is 4.25. The first-order valence-electron chi connectivity index (χ1n) is 7.87. The van der Waals surface area contributed by atoms with E-state index in [1.165, 1.54) is 6.07 Å². The lowest BCUT2D eigenvalue weighted by Gasteiger charge is -2.16. The summed E-state index contributed by atoms with van der Waals surface area (Å²) in [4.78, 5) is 48.5. The van der Waals surface area contributed by atoms with Gasteiger partial charge in [0, 0.05) is 6.04 Å². The maximum atomic E-state index is 12.0. The van der Waals surface area contributed by atoms with Crippen LogP contribution in [0.5, 0.6) is 0 Å². The van der Waals surface area contributed by atoms with Crippen molar-refractivity contribution in [1.29, 1.82) is 0 Å². The SMILES string of the molecule is C[C@@H](NC(=O)COC(=O)CN1C(=O)C(=O)c2ccccc21)C1CC1. The zero-order chi connectivity index (χ0) is 17.3. The van der Waals surface area contributed by atoms with Gasteiger partial charge in [-0.1, -0.05) is 12.1 Å². The first-order valence-corrected chi connectivity index (χ1v) is 7.87. The van der Waals surface area contributed by atoms with Crippen LogP contribution in [-0.4, -0.2) is 42.8 Å². The Morgan fingerprint density at radius 3 is 2.71 bits per heavy atom. The zero-order valence-electron chi connectivity index (χ0n) is 13.3. The highest BCUT2D eigenvalue weighted by atomic mass is 16.5. The van der Waals surface area contributed by atoms with Gasteiger partial charge >= 0.3 is 5.97 Å². The van der Waals surface area contributed by atoms with Gasteiger partial charge in [-0.25, -0.2) is 0 Å². The molecule has 126 valence electrons. The lowest BCUT2D eigenvalue weighted by Crippen LogP contribution is -2.39. The number of hydrogen-bond donors (Lipinski definition) is 1. The van der Waals surface area contributed by atoms with E-state index in [0.717, 1.165) is 17.7 Å². The lowest BCUT2D eigenvalue weighted by atomic mass is 10.1. The Hall–Kier alpha value is -2.70. The van der Waals surface area contributed by atoms with Crippen LogP contribution in [-0.2, 0) is 19.1 Å². The Morgan fingerprint density at radius 1 is 1.29 bits per heavy atom. The van der Waals surface area contributed by atoms with Crippen molar-refractivity contribution in [2.24, 2.45) is 5.92 Å². The molecule has 1 aliphatic heterocycles. The summed E-state index contributed by atoms with van der Waals surface area (Å²) < 4.78 is 4.91. The van der Waals surface area contributed by atoms with Gasteiger partial charge in [-0.3, -0.25) is 24.1 Å². The number of carbonyl (C=O) groups is 4. The molecule has 1 saturated carbocycles. The lowest BCUT2D eigenvalue weighted by molar-refractivity contribution is -0.147. The van der Waals surface area contributed by atoms with Crippen LogP contribution in [0, 0.1) is 5.92 Å². The normalized spacial score (nSPS) is 17.5. The average Bonchev–Trinajstić information content (AvgIpc) is 3.38. The Labute approximate surface area is 139 Å². The molecule has 1 fully saturated rings. The first kappa shape index (κ1) is 16.2. The maximum Gasteiger partial charge on any atom is 0.326 e. The van der Waals surface area contributed by atoms with E-state index in [4.69, 9.17) is 4.74 Å². The third-order valence-corrected chi connectivity index (χ3v) is 4.25. The zero-order valence-corrected chi connectivity index (χ0v) is 13.3. The van der Waals surface area contributed by atoms with Gasteiger partial charge in [-0.2, -0.15) is 0 Å². The van der Waals surface area contributed by atoms with Crippen molar-refractivity contribution < 1.29 is 23.9 Å². The van der Waals surface area contributed by atoms with Gasteiger partial charge in [-0.15, -0.1) is 0 Å². The molecule has 0 saturated heterocycles. The second-order valence-corrected chi connectivity index (χ2v) is 6.09. The van der Waals surface area contributed by atoms with E-state index >= 15 is 0 Å². The number of nitrogens with zero attached hydrogens (tertiary/aromatic N) is 1. The number of nitrogens with one attached hydrogen (secondary N) is 1. The summed E-state index contributed by atoms with van der Waals surface area (Å²) in [5.74, 6) is -2.00. The highest BCUT2D eigenvalue weighted by Crippen LogP contribution is 2.32. The number of ketones is 1. The number of benzene rings is 1. The van der Waals surface area contributed by atoms with Crippen molar-refractivity contribution in [3.8, 4) is 0 Å². The van der Waals surface area contributed by atoms with E-state index in [0.29, 0.717) is 11.6 Å². The van der Waals surface area contributed by atoms with Crippen LogP contribution >= 0.6 is 0 Å². The molecular formula is C17H18N2O5. The molecule has 1 aromatic rings. The van der Waals surface area contributed by atoms with Gasteiger partial charge < -0.3 is 10.1 Å². The average molecular weight is 330 g/mol. The van der Waals surface area contributed by atoms with E-state index in [9.17, 15) is 19.2 Å². The number of Topliss-reactive ketones (excluding diaryl/α,β-unsaturated/α-hetero) is 1. The van der Waals surface area contributed by atoms with Crippen LogP contribution in [0.2, 0.25) is 0 Å². The van der Waals surface area contributed by atoms with Crippen LogP contribution in [0.1, 0.15) is 30.1 Å². The van der Waals surface area contributed by atoms with Crippen molar-refractivity contribution in [2.75, 3.05) is 18.1 Å². The molecule has 1 atom stereocenters. The summed E-state index contributed by atoms with van der Waals surface area (Å²) in [5, 5.41) is 2.77. The summed E-state index contributed by atoms with van der Waals surface area (Å²) in [6, 6.07) is 6.52. The van der Waals surface area contributed by atoms with Crippen LogP contribution in [0.15, 0.2) is 24.3 Å². The van der Waals surface area contributed by atoms with Gasteiger partial charge in [0.25, 0.3) is 17.6 Å². The minimum absolute atomic E-state index is 0.0702. The van der Waals surface area contributed by atoms with Crippen LogP contribution in [0.4, 0.5) is 5.69 Å². The van der Waals surface area contributed by atoms with E-state index < -0.39 is 30.8 Å². The molecule has 0 bridgehead atoms. The van der Waals surface area contributed by atoms with E-state index in [1.54, 1.807) is 18.2 Å². The van der Waals surface area contributed by atoms with Crippen molar-refractivity contribution in [2.45, 2.75) is 25.8 Å². The summed E-state index contributed by atoms with van der Waals surface area (Å²) in [6.07, 6.45) is 2.21. The van der Waals surface area contributed by atoms with Gasteiger partial charge in [0.15, 0.2) is 6.61 Å². The molecule has 1 aliphatic carbocycles. The summed E-state index contributed by atoms with van der Waals surface area (Å²) >= 11 is 0. The van der Waals surface area contributed by atoms with E-state index in [1.807, 2.05) is 6.92 Å². The number of rotatable bonds is 6. The second-order valence-electron chi connectivity index (χ2n) is 6.09. The maximum absolute atomic E-state index is 12.0. The molecule has 3 rings (SSSR count). The number of carbonyl (C=O) groups excluding carboxylic acids is 4. The monoisotopic (exact) mass is 330 g/mol. The minimum atomic E-state index is -0.764. The van der Waals surface area contributed by atoms with Crippen LogP contribution in [0.25, 0.3) is 0 Å². The van der Waals surface area contributed by atoms with Gasteiger partial charge in [0.1, 0.15) is 6.54 Å². The summed E-state index contributed by atoms with van der Waals surface area (Å²) in [6.45, 7) is 1.13. The molecule has 0 aromatic heterocycles. The van der Waals surface area contributed by atoms with E-state index in [2.05, 4.69) is 5.32 Å². The van der Waals surface area contributed by atoms with Gasteiger partial charge in [0.05, 0.1) is 11.3 Å². The van der Waals surface area contributed by atoms with E-state index in [-0.39, 0.29) is 17.5 Å². The predicted octanol–water partition coefficient (Wildman–Crippen LogP) is 0.674. The molecule has 1 N–H and O–H groups in total. The Balaban J connectivity index is 1.52. The van der Waals surface area contributed by atoms with Crippen LogP contribution < -0.4 is 10.2 Å². The first-order chi connectivity index (χ1) is 11.5. The van der Waals surface area contributed by atoms with Crippen molar-refractivity contribution >= 4 is 29.3 Å². The highest BCUT2D eigenvalue weighted by Gasteiger charge is 2.36. The molecule has 1 heterocycles. The molecule has 2 aliphatic rings. The molecule has 7 heteroatoms. The quantitative estimate of drug-likeness (QED) is 0.611. The Bertz CT molecular complexity index is 711. The molecule has 0 spiro atoms. The van der Waals surface area contributed by atoms with Crippen molar-refractivity contribution in [3.05, 3.63) is 29.8 Å². The number of ether oxygens (including phenoxy) is 1. The minimum Gasteiger partial charge on any atom is -0.454 e. The standard InChI is InChI=1S/C17H18N2O5/c1-10(11-6-7-11)18-14(20)9-24-15(21)8-19-13-5-3-2-4-12(13)16(22)17(19)23/h2-5,10-11H,6-9H2,1H3,(H,18,20)/t10-/m1/s1. The van der Waals surface area contributed by atoms with Gasteiger partial charge in [0.2, 0.25) is 0 Å². The number of hydrogen-bond acceptors (Lipinski definition) is 5. The number of amides is 2. The smallest absolute Gasteiger partial charge is 0.326 e. The molecule has 7 nitrogen and oxygen atoms in total. The number of fused-ring (bicyclic) bond motifs is 1. The molecule has 1 aromatic carbocycles. The molecular weight excluding hydrogens is 312 g/mol. The number of anilines is 1.